The zero-order chi connectivity index (χ0) is 15.8. The third-order valence-corrected chi connectivity index (χ3v) is 3.70. The molecule has 1 saturated carbocycles. The van der Waals surface area contributed by atoms with E-state index in [-0.39, 0.29) is 11.4 Å². The molecule has 7 heteroatoms. The molecule has 1 aromatic carbocycles. The van der Waals surface area contributed by atoms with E-state index in [0.717, 1.165) is 0 Å². The molecule has 1 amide bonds. The van der Waals surface area contributed by atoms with Crippen molar-refractivity contribution in [1.82, 2.24) is 0 Å². The first kappa shape index (κ1) is 15.2. The summed E-state index contributed by atoms with van der Waals surface area (Å²) < 4.78 is 28.5. The van der Waals surface area contributed by atoms with Crippen LogP contribution >= 0.6 is 0 Å². The molecule has 0 saturated heterocycles. The van der Waals surface area contributed by atoms with E-state index in [9.17, 15) is 18.4 Å². The standard InChI is InChI=1S/C14H15F2NO4/c1-14(2)9(10(14)12(19)20)11(18)17-7-4-3-5-8(6-7)21-13(15)16/h3-6,9-10,13H,1-2H3,(H,17,18)(H,19,20). The fraction of sp³-hybridized carbons (Fsp3) is 0.429. The van der Waals surface area contributed by atoms with E-state index in [2.05, 4.69) is 10.1 Å². The topological polar surface area (TPSA) is 75.6 Å². The number of alkyl halides is 2. The quantitative estimate of drug-likeness (QED) is 0.876. The zero-order valence-corrected chi connectivity index (χ0v) is 11.5. The van der Waals surface area contributed by atoms with Gasteiger partial charge in [0.25, 0.3) is 0 Å². The van der Waals surface area contributed by atoms with Crippen molar-refractivity contribution < 1.29 is 28.2 Å². The lowest BCUT2D eigenvalue weighted by Crippen LogP contribution is -2.17. The first-order chi connectivity index (χ1) is 9.73. The summed E-state index contributed by atoms with van der Waals surface area (Å²) in [6, 6.07) is 5.57. The van der Waals surface area contributed by atoms with Gasteiger partial charge >= 0.3 is 12.6 Å². The molecule has 0 bridgehead atoms. The van der Waals surface area contributed by atoms with Gasteiger partial charge in [-0.25, -0.2) is 0 Å². The molecule has 5 nitrogen and oxygen atoms in total. The molecule has 0 radical (unpaired) electrons. The number of hydrogen-bond donors (Lipinski definition) is 2. The van der Waals surface area contributed by atoms with Crippen molar-refractivity contribution in [2.24, 2.45) is 17.3 Å². The molecule has 1 aliphatic rings. The van der Waals surface area contributed by atoms with Gasteiger partial charge < -0.3 is 15.2 Å². The van der Waals surface area contributed by atoms with Crippen LogP contribution in [0.5, 0.6) is 5.75 Å². The van der Waals surface area contributed by atoms with E-state index < -0.39 is 35.7 Å². The number of aliphatic carboxylic acids is 1. The number of benzene rings is 1. The number of nitrogens with one attached hydrogen (secondary N) is 1. The van der Waals surface area contributed by atoms with Crippen LogP contribution in [-0.2, 0) is 9.59 Å². The highest BCUT2D eigenvalue weighted by Gasteiger charge is 2.65. The molecule has 0 spiro atoms. The highest BCUT2D eigenvalue weighted by molar-refractivity contribution is 5.99. The summed E-state index contributed by atoms with van der Waals surface area (Å²) in [5.41, 5.74) is -0.336. The fourth-order valence-corrected chi connectivity index (χ4v) is 2.56. The van der Waals surface area contributed by atoms with E-state index in [1.165, 1.54) is 24.3 Å². The van der Waals surface area contributed by atoms with Gasteiger partial charge in [0.15, 0.2) is 0 Å². The molecule has 2 rings (SSSR count). The molecule has 1 aliphatic carbocycles. The van der Waals surface area contributed by atoms with Crippen molar-refractivity contribution in [3.63, 3.8) is 0 Å². The highest BCUT2D eigenvalue weighted by atomic mass is 19.3. The number of hydrogen-bond acceptors (Lipinski definition) is 3. The molecule has 2 N–H and O–H groups in total. The van der Waals surface area contributed by atoms with Crippen molar-refractivity contribution in [1.29, 1.82) is 0 Å². The van der Waals surface area contributed by atoms with Crippen LogP contribution in [0.15, 0.2) is 24.3 Å². The smallest absolute Gasteiger partial charge is 0.387 e. The highest BCUT2D eigenvalue weighted by Crippen LogP contribution is 2.58. The summed E-state index contributed by atoms with van der Waals surface area (Å²) in [5, 5.41) is 11.6. The molecular weight excluding hydrogens is 284 g/mol. The van der Waals surface area contributed by atoms with Crippen LogP contribution < -0.4 is 10.1 Å². The van der Waals surface area contributed by atoms with Crippen molar-refractivity contribution in [2.75, 3.05) is 5.32 Å². The number of ether oxygens (including phenoxy) is 1. The van der Waals surface area contributed by atoms with E-state index in [1.54, 1.807) is 13.8 Å². The third kappa shape index (κ3) is 3.12. The predicted octanol–water partition coefficient (Wildman–Crippen LogP) is 2.58. The molecular formula is C14H15F2NO4. The van der Waals surface area contributed by atoms with Gasteiger partial charge in [0.2, 0.25) is 5.91 Å². The normalized spacial score (nSPS) is 22.7. The van der Waals surface area contributed by atoms with Crippen LogP contribution in [0.3, 0.4) is 0 Å². The van der Waals surface area contributed by atoms with E-state index in [0.29, 0.717) is 0 Å². The number of carbonyl (C=O) groups excluding carboxylic acids is 1. The first-order valence-corrected chi connectivity index (χ1v) is 6.32. The number of carbonyl (C=O) groups is 2. The summed E-state index contributed by atoms with van der Waals surface area (Å²) in [4.78, 5) is 23.1. The van der Waals surface area contributed by atoms with Gasteiger partial charge in [-0.1, -0.05) is 19.9 Å². The lowest BCUT2D eigenvalue weighted by molar-refractivity contribution is -0.140. The number of carboxylic acid groups (broad SMARTS) is 1. The molecule has 114 valence electrons. The van der Waals surface area contributed by atoms with Gasteiger partial charge in [-0.15, -0.1) is 0 Å². The Hall–Kier alpha value is -2.18. The number of carboxylic acids is 1. The zero-order valence-electron chi connectivity index (χ0n) is 11.5. The lowest BCUT2D eigenvalue weighted by atomic mass is 10.1. The molecule has 1 aromatic rings. The van der Waals surface area contributed by atoms with Crippen molar-refractivity contribution in [3.05, 3.63) is 24.3 Å². The molecule has 2 unspecified atom stereocenters. The Morgan fingerprint density at radius 2 is 2.00 bits per heavy atom. The van der Waals surface area contributed by atoms with Crippen LogP contribution in [0.25, 0.3) is 0 Å². The van der Waals surface area contributed by atoms with E-state index in [1.807, 2.05) is 0 Å². The fourth-order valence-electron chi connectivity index (χ4n) is 2.56. The van der Waals surface area contributed by atoms with Gasteiger partial charge in [-0.2, -0.15) is 8.78 Å². The second-order valence-electron chi connectivity index (χ2n) is 5.51. The van der Waals surface area contributed by atoms with E-state index in [4.69, 9.17) is 5.11 Å². The predicted molar refractivity (Wildman–Crippen MR) is 70.1 cm³/mol. The molecule has 1 fully saturated rings. The summed E-state index contributed by atoms with van der Waals surface area (Å²) in [6.45, 7) is 0.452. The number of halogens is 2. The van der Waals surface area contributed by atoms with Crippen LogP contribution in [0, 0.1) is 17.3 Å². The van der Waals surface area contributed by atoms with Gasteiger partial charge in [0, 0.05) is 11.8 Å². The molecule has 2 atom stereocenters. The Bertz CT molecular complexity index is 574. The maximum absolute atomic E-state index is 12.1. The van der Waals surface area contributed by atoms with Crippen LogP contribution in [0.1, 0.15) is 13.8 Å². The largest absolute Gasteiger partial charge is 0.481 e. The lowest BCUT2D eigenvalue weighted by Gasteiger charge is -2.09. The Morgan fingerprint density at radius 3 is 2.52 bits per heavy atom. The molecule has 21 heavy (non-hydrogen) atoms. The summed E-state index contributed by atoms with van der Waals surface area (Å²) in [5.74, 6) is -2.92. The minimum absolute atomic E-state index is 0.0763. The molecule has 0 aliphatic heterocycles. The number of anilines is 1. The maximum Gasteiger partial charge on any atom is 0.387 e. The average Bonchev–Trinajstić information content (AvgIpc) is 2.92. The number of amides is 1. The third-order valence-electron chi connectivity index (χ3n) is 3.70. The minimum atomic E-state index is -2.95. The SMILES string of the molecule is CC1(C)C(C(=O)O)C1C(=O)Nc1cccc(OC(F)F)c1. The van der Waals surface area contributed by atoms with Crippen LogP contribution in [0.4, 0.5) is 14.5 Å². The summed E-state index contributed by atoms with van der Waals surface area (Å²) >= 11 is 0. The second-order valence-corrected chi connectivity index (χ2v) is 5.51. The Kier molecular flexibility index (Phi) is 3.85. The van der Waals surface area contributed by atoms with Crippen LogP contribution in [-0.4, -0.2) is 23.6 Å². The van der Waals surface area contributed by atoms with Crippen molar-refractivity contribution in [3.8, 4) is 5.75 Å². The average molecular weight is 299 g/mol. The minimum Gasteiger partial charge on any atom is -0.481 e. The molecule has 0 heterocycles. The van der Waals surface area contributed by atoms with Gasteiger partial charge in [-0.3, -0.25) is 9.59 Å². The summed E-state index contributed by atoms with van der Waals surface area (Å²) in [6.07, 6.45) is 0. The van der Waals surface area contributed by atoms with Crippen LogP contribution in [0.2, 0.25) is 0 Å². The second kappa shape index (κ2) is 5.31. The molecule has 0 aromatic heterocycles. The maximum atomic E-state index is 12.1. The van der Waals surface area contributed by atoms with Gasteiger partial charge in [0.05, 0.1) is 11.8 Å². The van der Waals surface area contributed by atoms with Gasteiger partial charge in [0.1, 0.15) is 5.75 Å². The van der Waals surface area contributed by atoms with Gasteiger partial charge in [-0.05, 0) is 17.5 Å². The monoisotopic (exact) mass is 299 g/mol. The van der Waals surface area contributed by atoms with E-state index >= 15 is 0 Å². The van der Waals surface area contributed by atoms with Crippen molar-refractivity contribution >= 4 is 17.6 Å². The van der Waals surface area contributed by atoms with Crippen molar-refractivity contribution in [2.45, 2.75) is 20.5 Å². The summed E-state index contributed by atoms with van der Waals surface area (Å²) in [7, 11) is 0. The Morgan fingerprint density at radius 1 is 1.33 bits per heavy atom. The Balaban J connectivity index is 2.06. The first-order valence-electron chi connectivity index (χ1n) is 6.32. The number of rotatable bonds is 5. The Labute approximate surface area is 119 Å².